The molecule has 17 heavy (non-hydrogen) atoms. The average molecular weight is 250 g/mol. The molecule has 2 N–H and O–H groups in total. The van der Waals surface area contributed by atoms with E-state index in [1.807, 2.05) is 6.07 Å². The second-order valence-corrected chi connectivity index (χ2v) is 3.90. The fourth-order valence-electron chi connectivity index (χ4n) is 1.48. The molecule has 0 saturated carbocycles. The smallest absolute Gasteiger partial charge is 0.310 e. The predicted molar refractivity (Wildman–Crippen MR) is 66.6 cm³/mol. The topological polar surface area (TPSA) is 76.1 Å². The molecule has 0 spiro atoms. The minimum atomic E-state index is -0.314. The van der Waals surface area contributed by atoms with Crippen LogP contribution in [0.25, 0.3) is 0 Å². The zero-order valence-corrected chi connectivity index (χ0v) is 10.5. The Kier molecular flexibility index (Phi) is 5.01. The van der Waals surface area contributed by atoms with Crippen molar-refractivity contribution in [3.63, 3.8) is 0 Å². The third-order valence-electron chi connectivity index (χ3n) is 2.24. The summed E-state index contributed by atoms with van der Waals surface area (Å²) in [6, 6.07) is 5.45. The van der Waals surface area contributed by atoms with Gasteiger partial charge in [-0.25, -0.2) is 0 Å². The zero-order chi connectivity index (χ0) is 12.8. The third kappa shape index (κ3) is 3.48. The zero-order valence-electron chi connectivity index (χ0n) is 9.56. The van der Waals surface area contributed by atoms with Crippen LogP contribution in [0.3, 0.4) is 0 Å². The number of hydrogen-bond acceptors (Lipinski definition) is 5. The van der Waals surface area contributed by atoms with E-state index >= 15 is 0 Å². The maximum absolute atomic E-state index is 11.3. The van der Waals surface area contributed by atoms with Gasteiger partial charge in [0.25, 0.3) is 0 Å². The van der Waals surface area contributed by atoms with Crippen molar-refractivity contribution >= 4 is 18.6 Å². The van der Waals surface area contributed by atoms with Gasteiger partial charge < -0.3 is 10.5 Å². The second-order valence-electron chi connectivity index (χ2n) is 3.45. The highest BCUT2D eigenvalue weighted by Gasteiger charge is 2.10. The van der Waals surface area contributed by atoms with Crippen LogP contribution in [-0.2, 0) is 22.5 Å². The molecule has 0 saturated heterocycles. The summed E-state index contributed by atoms with van der Waals surface area (Å²) in [5.74, 6) is -0.314. The van der Waals surface area contributed by atoms with E-state index in [0.717, 1.165) is 11.1 Å². The minimum Gasteiger partial charge on any atom is -0.466 e. The summed E-state index contributed by atoms with van der Waals surface area (Å²) >= 11 is 4.23. The molecule has 0 heterocycles. The van der Waals surface area contributed by atoms with Crippen LogP contribution in [0.15, 0.2) is 17.0 Å². The number of nitrogens with zero attached hydrogens (tertiary/aromatic N) is 1. The van der Waals surface area contributed by atoms with E-state index in [4.69, 9.17) is 15.7 Å². The van der Waals surface area contributed by atoms with Gasteiger partial charge in [-0.3, -0.25) is 4.79 Å². The molecule has 0 radical (unpaired) electrons. The van der Waals surface area contributed by atoms with E-state index in [-0.39, 0.29) is 18.9 Å². The van der Waals surface area contributed by atoms with Gasteiger partial charge in [-0.1, -0.05) is 6.07 Å². The van der Waals surface area contributed by atoms with Crippen molar-refractivity contribution in [2.45, 2.75) is 24.8 Å². The van der Waals surface area contributed by atoms with Crippen LogP contribution in [0.2, 0.25) is 0 Å². The number of carbonyl (C=O) groups is 1. The monoisotopic (exact) mass is 250 g/mol. The van der Waals surface area contributed by atoms with Crippen LogP contribution >= 0.6 is 12.6 Å². The maximum atomic E-state index is 11.3. The largest absolute Gasteiger partial charge is 0.466 e. The van der Waals surface area contributed by atoms with E-state index in [0.29, 0.717) is 17.1 Å². The van der Waals surface area contributed by atoms with Gasteiger partial charge in [0.15, 0.2) is 0 Å². The lowest BCUT2D eigenvalue weighted by Crippen LogP contribution is -2.09. The van der Waals surface area contributed by atoms with Crippen LogP contribution in [0.5, 0.6) is 0 Å². The van der Waals surface area contributed by atoms with E-state index in [9.17, 15) is 4.79 Å². The fraction of sp³-hybridized carbons (Fsp3) is 0.333. The van der Waals surface area contributed by atoms with Gasteiger partial charge in [0.05, 0.1) is 18.6 Å². The van der Waals surface area contributed by atoms with Crippen LogP contribution < -0.4 is 5.73 Å². The van der Waals surface area contributed by atoms with E-state index in [2.05, 4.69) is 12.6 Å². The van der Waals surface area contributed by atoms with Gasteiger partial charge in [0.1, 0.15) is 6.07 Å². The SMILES string of the molecule is CCOC(=O)Cc1cc(C#N)c(S)c(CN)c1. The molecule has 1 rings (SSSR count). The number of benzene rings is 1. The molecule has 90 valence electrons. The van der Waals surface area contributed by atoms with E-state index in [1.165, 1.54) is 0 Å². The van der Waals surface area contributed by atoms with Crippen molar-refractivity contribution in [2.24, 2.45) is 5.73 Å². The molecule has 0 bridgehead atoms. The Morgan fingerprint density at radius 2 is 2.29 bits per heavy atom. The number of thiol groups is 1. The van der Waals surface area contributed by atoms with Crippen molar-refractivity contribution in [3.05, 3.63) is 28.8 Å². The van der Waals surface area contributed by atoms with E-state index in [1.54, 1.807) is 19.1 Å². The summed E-state index contributed by atoms with van der Waals surface area (Å²) in [7, 11) is 0. The molecule has 0 unspecified atom stereocenters. The first-order valence-corrected chi connectivity index (χ1v) is 5.67. The van der Waals surface area contributed by atoms with Crippen LogP contribution in [0.4, 0.5) is 0 Å². The summed E-state index contributed by atoms with van der Waals surface area (Å²) < 4.78 is 4.85. The lowest BCUT2D eigenvalue weighted by atomic mass is 10.0. The van der Waals surface area contributed by atoms with Crippen LogP contribution in [-0.4, -0.2) is 12.6 Å². The lowest BCUT2D eigenvalue weighted by molar-refractivity contribution is -0.142. The molecule has 4 nitrogen and oxygen atoms in total. The van der Waals surface area contributed by atoms with Crippen molar-refractivity contribution in [1.29, 1.82) is 5.26 Å². The number of nitrogens with two attached hydrogens (primary N) is 1. The summed E-state index contributed by atoms with van der Waals surface area (Å²) in [5.41, 5.74) is 7.46. The van der Waals surface area contributed by atoms with Gasteiger partial charge in [0.2, 0.25) is 0 Å². The fourth-order valence-corrected chi connectivity index (χ4v) is 1.75. The molecule has 0 aliphatic heterocycles. The summed E-state index contributed by atoms with van der Waals surface area (Å²) in [5, 5.41) is 8.94. The van der Waals surface area contributed by atoms with Gasteiger partial charge >= 0.3 is 5.97 Å². The number of rotatable bonds is 4. The van der Waals surface area contributed by atoms with Gasteiger partial charge in [0, 0.05) is 11.4 Å². The molecule has 0 atom stereocenters. The Balaban J connectivity index is 3.02. The number of esters is 1. The first-order valence-electron chi connectivity index (χ1n) is 5.22. The Hall–Kier alpha value is -1.51. The normalized spacial score (nSPS) is 9.76. The minimum absolute atomic E-state index is 0.142. The Morgan fingerprint density at radius 1 is 1.59 bits per heavy atom. The van der Waals surface area contributed by atoms with Gasteiger partial charge in [-0.05, 0) is 24.1 Å². The average Bonchev–Trinajstić information content (AvgIpc) is 2.31. The van der Waals surface area contributed by atoms with Crippen molar-refractivity contribution in [3.8, 4) is 6.07 Å². The lowest BCUT2D eigenvalue weighted by Gasteiger charge is -2.08. The second kappa shape index (κ2) is 6.28. The first-order chi connectivity index (χ1) is 8.12. The molecule has 0 aliphatic carbocycles. The number of nitriles is 1. The first kappa shape index (κ1) is 13.6. The van der Waals surface area contributed by atoms with Crippen LogP contribution in [0.1, 0.15) is 23.6 Å². The summed E-state index contributed by atoms with van der Waals surface area (Å²) in [6.45, 7) is 2.38. The highest BCUT2D eigenvalue weighted by Crippen LogP contribution is 2.21. The standard InChI is InChI=1S/C12H14N2O2S/c1-2-16-11(15)5-8-3-9(6-13)12(17)10(4-8)7-14/h3-4,17H,2,5-6,13H2,1H3. The molecule has 5 heteroatoms. The molecule has 1 aromatic rings. The molecule has 0 fully saturated rings. The highest BCUT2D eigenvalue weighted by molar-refractivity contribution is 7.80. The Morgan fingerprint density at radius 3 is 2.82 bits per heavy atom. The summed E-state index contributed by atoms with van der Waals surface area (Å²) in [4.78, 5) is 11.9. The van der Waals surface area contributed by atoms with E-state index < -0.39 is 0 Å². The Labute approximate surface area is 106 Å². The van der Waals surface area contributed by atoms with Crippen LogP contribution in [0, 0.1) is 11.3 Å². The molecule has 0 amide bonds. The molecular weight excluding hydrogens is 236 g/mol. The molecular formula is C12H14N2O2S. The molecule has 0 aromatic heterocycles. The predicted octanol–water partition coefficient (Wildman–Crippen LogP) is 1.41. The summed E-state index contributed by atoms with van der Waals surface area (Å²) in [6.07, 6.45) is 0.142. The van der Waals surface area contributed by atoms with Crippen molar-refractivity contribution < 1.29 is 9.53 Å². The van der Waals surface area contributed by atoms with Gasteiger partial charge in [-0.2, -0.15) is 5.26 Å². The van der Waals surface area contributed by atoms with Gasteiger partial charge in [-0.15, -0.1) is 12.6 Å². The highest BCUT2D eigenvalue weighted by atomic mass is 32.1. The van der Waals surface area contributed by atoms with Crippen molar-refractivity contribution in [2.75, 3.05) is 6.61 Å². The maximum Gasteiger partial charge on any atom is 0.310 e. The number of hydrogen-bond donors (Lipinski definition) is 2. The number of ether oxygens (including phenoxy) is 1. The quantitative estimate of drug-likeness (QED) is 0.626. The number of carbonyl (C=O) groups excluding carboxylic acids is 1. The molecule has 1 aromatic carbocycles. The molecule has 0 aliphatic rings. The van der Waals surface area contributed by atoms with Crippen molar-refractivity contribution in [1.82, 2.24) is 0 Å². The third-order valence-corrected chi connectivity index (χ3v) is 2.77. The Bertz CT molecular complexity index is 466.